The van der Waals surface area contributed by atoms with E-state index in [1.54, 1.807) is 0 Å². The van der Waals surface area contributed by atoms with Crippen molar-refractivity contribution in [3.63, 3.8) is 0 Å². The number of hydrogen-bond acceptors (Lipinski definition) is 2. The molecule has 25 heavy (non-hydrogen) atoms. The molecule has 4 rings (SSSR count). The fraction of sp³-hybridized carbons (Fsp3) is 0.200. The van der Waals surface area contributed by atoms with Crippen LogP contribution < -0.4 is 10.6 Å². The number of nitrogens with one attached hydrogen (secondary N) is 3. The Bertz CT molecular complexity index is 974. The van der Waals surface area contributed by atoms with Crippen molar-refractivity contribution in [2.75, 3.05) is 5.32 Å². The second kappa shape index (κ2) is 6.09. The molecule has 0 spiro atoms. The quantitative estimate of drug-likeness (QED) is 0.669. The first kappa shape index (κ1) is 15.4. The summed E-state index contributed by atoms with van der Waals surface area (Å²) in [5, 5.41) is 6.98. The molecule has 5 nitrogen and oxygen atoms in total. The number of H-pyrrole nitrogens is 1. The summed E-state index contributed by atoms with van der Waals surface area (Å²) in [5.74, 6) is -0.185. The largest absolute Gasteiger partial charge is 0.350 e. The van der Waals surface area contributed by atoms with Crippen molar-refractivity contribution in [2.24, 2.45) is 0 Å². The van der Waals surface area contributed by atoms with Gasteiger partial charge in [0.2, 0.25) is 5.91 Å². The van der Waals surface area contributed by atoms with Gasteiger partial charge in [0.25, 0.3) is 5.91 Å². The molecule has 1 aliphatic heterocycles. The molecule has 0 radical (unpaired) electrons. The lowest BCUT2D eigenvalue weighted by Gasteiger charge is -2.18. The zero-order valence-electron chi connectivity index (χ0n) is 13.9. The molecule has 0 fully saturated rings. The third kappa shape index (κ3) is 2.89. The zero-order valence-corrected chi connectivity index (χ0v) is 13.9. The van der Waals surface area contributed by atoms with E-state index in [1.165, 1.54) is 0 Å². The average molecular weight is 333 g/mol. The molecular formula is C20H19N3O2. The fourth-order valence-electron chi connectivity index (χ4n) is 3.37. The SMILES string of the molecule is Cc1cccc2cc(C(=O)NC3CCC(=O)Nc4ccccc43)[nH]c12. The van der Waals surface area contributed by atoms with E-state index >= 15 is 0 Å². The Morgan fingerprint density at radius 3 is 2.84 bits per heavy atom. The van der Waals surface area contributed by atoms with Crippen LogP contribution in [0.2, 0.25) is 0 Å². The summed E-state index contributed by atoms with van der Waals surface area (Å²) in [7, 11) is 0. The Kier molecular flexibility index (Phi) is 3.76. The molecule has 0 aliphatic carbocycles. The minimum absolute atomic E-state index is 0.0227. The number of rotatable bonds is 2. The van der Waals surface area contributed by atoms with Crippen LogP contribution in [0.4, 0.5) is 5.69 Å². The van der Waals surface area contributed by atoms with E-state index in [9.17, 15) is 9.59 Å². The van der Waals surface area contributed by atoms with E-state index in [4.69, 9.17) is 0 Å². The van der Waals surface area contributed by atoms with Gasteiger partial charge in [-0.05, 0) is 36.6 Å². The van der Waals surface area contributed by atoms with E-state index in [1.807, 2.05) is 55.5 Å². The third-order valence-corrected chi connectivity index (χ3v) is 4.68. The van der Waals surface area contributed by atoms with Gasteiger partial charge in [0.05, 0.1) is 6.04 Å². The predicted octanol–water partition coefficient (Wildman–Crippen LogP) is 3.68. The normalized spacial score (nSPS) is 16.8. The number of carbonyl (C=O) groups excluding carboxylic acids is 2. The van der Waals surface area contributed by atoms with Crippen molar-refractivity contribution in [1.82, 2.24) is 10.3 Å². The lowest BCUT2D eigenvalue weighted by atomic mass is 10.0. The van der Waals surface area contributed by atoms with Crippen LogP contribution in [0.15, 0.2) is 48.5 Å². The van der Waals surface area contributed by atoms with Crippen molar-refractivity contribution in [2.45, 2.75) is 25.8 Å². The highest BCUT2D eigenvalue weighted by Gasteiger charge is 2.24. The maximum Gasteiger partial charge on any atom is 0.268 e. The molecule has 2 heterocycles. The van der Waals surface area contributed by atoms with Gasteiger partial charge in [0, 0.05) is 23.0 Å². The molecule has 0 bridgehead atoms. The number of anilines is 1. The van der Waals surface area contributed by atoms with Gasteiger partial charge in [-0.1, -0.05) is 36.4 Å². The van der Waals surface area contributed by atoms with Crippen LogP contribution >= 0.6 is 0 Å². The molecule has 1 aromatic heterocycles. The summed E-state index contributed by atoms with van der Waals surface area (Å²) < 4.78 is 0. The van der Waals surface area contributed by atoms with E-state index in [0.717, 1.165) is 27.7 Å². The van der Waals surface area contributed by atoms with Gasteiger partial charge in [0.1, 0.15) is 5.69 Å². The summed E-state index contributed by atoms with van der Waals surface area (Å²) in [6, 6.07) is 15.3. The monoisotopic (exact) mass is 333 g/mol. The fourth-order valence-corrected chi connectivity index (χ4v) is 3.37. The van der Waals surface area contributed by atoms with E-state index in [-0.39, 0.29) is 17.9 Å². The molecule has 1 atom stereocenters. The van der Waals surface area contributed by atoms with Gasteiger partial charge in [-0.15, -0.1) is 0 Å². The standard InChI is InChI=1S/C20H19N3O2/c1-12-5-4-6-13-11-17(22-19(12)13)20(25)23-16-9-10-18(24)21-15-8-3-2-7-14(15)16/h2-8,11,16,22H,9-10H2,1H3,(H,21,24)(H,23,25). The zero-order chi connectivity index (χ0) is 17.4. The van der Waals surface area contributed by atoms with E-state index in [0.29, 0.717) is 18.5 Å². The average Bonchev–Trinajstić information content (AvgIpc) is 2.98. The Morgan fingerprint density at radius 1 is 1.16 bits per heavy atom. The summed E-state index contributed by atoms with van der Waals surface area (Å²) in [5.41, 5.74) is 4.32. The molecule has 0 saturated heterocycles. The number of fused-ring (bicyclic) bond motifs is 2. The van der Waals surface area contributed by atoms with Gasteiger partial charge < -0.3 is 15.6 Å². The highest BCUT2D eigenvalue weighted by Crippen LogP contribution is 2.30. The second-order valence-corrected chi connectivity index (χ2v) is 6.42. The molecule has 1 unspecified atom stereocenters. The number of benzene rings is 2. The molecule has 1 aliphatic rings. The van der Waals surface area contributed by atoms with Crippen LogP contribution in [0.5, 0.6) is 0 Å². The molecule has 126 valence electrons. The third-order valence-electron chi connectivity index (χ3n) is 4.68. The maximum atomic E-state index is 12.7. The number of para-hydroxylation sites is 2. The summed E-state index contributed by atoms with van der Waals surface area (Å²) in [6.07, 6.45) is 0.958. The maximum absolute atomic E-state index is 12.7. The van der Waals surface area contributed by atoms with Gasteiger partial charge in [-0.2, -0.15) is 0 Å². The van der Waals surface area contributed by atoms with Crippen LogP contribution in [-0.4, -0.2) is 16.8 Å². The molecule has 0 saturated carbocycles. The van der Waals surface area contributed by atoms with Crippen molar-refractivity contribution < 1.29 is 9.59 Å². The van der Waals surface area contributed by atoms with E-state index < -0.39 is 0 Å². The van der Waals surface area contributed by atoms with Crippen LogP contribution in [0.1, 0.15) is 40.5 Å². The van der Waals surface area contributed by atoms with Crippen LogP contribution in [-0.2, 0) is 4.79 Å². The number of aromatic nitrogens is 1. The Morgan fingerprint density at radius 2 is 2.00 bits per heavy atom. The molecule has 3 N–H and O–H groups in total. The van der Waals surface area contributed by atoms with E-state index in [2.05, 4.69) is 15.6 Å². The van der Waals surface area contributed by atoms with Crippen LogP contribution in [0.25, 0.3) is 10.9 Å². The first-order chi connectivity index (χ1) is 12.1. The van der Waals surface area contributed by atoms with Gasteiger partial charge >= 0.3 is 0 Å². The first-order valence-electron chi connectivity index (χ1n) is 8.40. The highest BCUT2D eigenvalue weighted by molar-refractivity contribution is 5.99. The molecular weight excluding hydrogens is 314 g/mol. The number of aromatic amines is 1. The number of hydrogen-bond donors (Lipinski definition) is 3. The van der Waals surface area contributed by atoms with Crippen molar-refractivity contribution in [1.29, 1.82) is 0 Å². The van der Waals surface area contributed by atoms with Crippen molar-refractivity contribution in [3.05, 3.63) is 65.4 Å². The topological polar surface area (TPSA) is 74.0 Å². The minimum atomic E-state index is -0.199. The number of aryl methyl sites for hydroxylation is 1. The van der Waals surface area contributed by atoms with Gasteiger partial charge in [0.15, 0.2) is 0 Å². The highest BCUT2D eigenvalue weighted by atomic mass is 16.2. The summed E-state index contributed by atoms with van der Waals surface area (Å²) in [6.45, 7) is 2.01. The summed E-state index contributed by atoms with van der Waals surface area (Å²) >= 11 is 0. The molecule has 2 amide bonds. The predicted molar refractivity (Wildman–Crippen MR) is 97.5 cm³/mol. The molecule has 5 heteroatoms. The Balaban J connectivity index is 1.63. The Hall–Kier alpha value is -3.08. The smallest absolute Gasteiger partial charge is 0.268 e. The van der Waals surface area contributed by atoms with Gasteiger partial charge in [-0.25, -0.2) is 0 Å². The Labute approximate surface area is 145 Å². The minimum Gasteiger partial charge on any atom is -0.350 e. The lowest BCUT2D eigenvalue weighted by Crippen LogP contribution is -2.28. The first-order valence-corrected chi connectivity index (χ1v) is 8.40. The number of amides is 2. The second-order valence-electron chi connectivity index (χ2n) is 6.42. The number of carbonyl (C=O) groups is 2. The molecule has 3 aromatic rings. The molecule has 2 aromatic carbocycles. The lowest BCUT2D eigenvalue weighted by molar-refractivity contribution is -0.116. The van der Waals surface area contributed by atoms with Gasteiger partial charge in [-0.3, -0.25) is 9.59 Å². The van der Waals surface area contributed by atoms with Crippen molar-refractivity contribution in [3.8, 4) is 0 Å². The summed E-state index contributed by atoms with van der Waals surface area (Å²) in [4.78, 5) is 27.8. The van der Waals surface area contributed by atoms with Crippen LogP contribution in [0, 0.1) is 6.92 Å². The van der Waals surface area contributed by atoms with Crippen LogP contribution in [0.3, 0.4) is 0 Å². The van der Waals surface area contributed by atoms with Crippen molar-refractivity contribution >= 4 is 28.4 Å².